The first kappa shape index (κ1) is 12.4. The van der Waals surface area contributed by atoms with Gasteiger partial charge in [0.15, 0.2) is 0 Å². The molecular formula is C9H15N3O4. The number of rotatable bonds is 6. The van der Waals surface area contributed by atoms with E-state index in [0.717, 1.165) is 0 Å². The van der Waals surface area contributed by atoms with Gasteiger partial charge in [0, 0.05) is 6.54 Å². The predicted octanol–water partition coefficient (Wildman–Crippen LogP) is -1.96. The third-order valence-electron chi connectivity index (χ3n) is 2.56. The van der Waals surface area contributed by atoms with E-state index >= 15 is 0 Å². The number of aliphatic carboxylic acids is 1. The fourth-order valence-corrected chi connectivity index (χ4v) is 1.20. The fourth-order valence-electron chi connectivity index (χ4n) is 1.20. The zero-order valence-electron chi connectivity index (χ0n) is 8.78. The lowest BCUT2D eigenvalue weighted by Crippen LogP contribution is -2.42. The van der Waals surface area contributed by atoms with E-state index in [2.05, 4.69) is 10.6 Å². The maximum atomic E-state index is 11.2. The van der Waals surface area contributed by atoms with Crippen molar-refractivity contribution in [3.63, 3.8) is 0 Å². The Bertz CT molecular complexity index is 312. The van der Waals surface area contributed by atoms with Crippen LogP contribution in [0.5, 0.6) is 0 Å². The second-order valence-corrected chi connectivity index (χ2v) is 3.84. The standard InChI is InChI=1S/C9H15N3O4/c10-3-6(13)11-4-7(14)12-5-9(1-2-9)8(15)16/h1-5,10H2,(H,11,13)(H,12,14)(H,15,16). The molecule has 1 rings (SSSR count). The summed E-state index contributed by atoms with van der Waals surface area (Å²) in [5.74, 6) is -1.72. The van der Waals surface area contributed by atoms with Crippen molar-refractivity contribution in [1.82, 2.24) is 10.6 Å². The van der Waals surface area contributed by atoms with E-state index in [-0.39, 0.29) is 19.6 Å². The van der Waals surface area contributed by atoms with Crippen LogP contribution in [-0.4, -0.2) is 42.5 Å². The highest BCUT2D eigenvalue weighted by Gasteiger charge is 2.50. The molecule has 0 radical (unpaired) electrons. The summed E-state index contributed by atoms with van der Waals surface area (Å²) in [6.45, 7) is -0.238. The van der Waals surface area contributed by atoms with Crippen LogP contribution in [0.15, 0.2) is 0 Å². The van der Waals surface area contributed by atoms with Crippen LogP contribution in [0.2, 0.25) is 0 Å². The second-order valence-electron chi connectivity index (χ2n) is 3.84. The highest BCUT2D eigenvalue weighted by molar-refractivity contribution is 5.86. The molecule has 5 N–H and O–H groups in total. The van der Waals surface area contributed by atoms with Gasteiger partial charge in [-0.2, -0.15) is 0 Å². The molecule has 0 spiro atoms. The first-order valence-corrected chi connectivity index (χ1v) is 4.97. The van der Waals surface area contributed by atoms with Crippen molar-refractivity contribution in [3.05, 3.63) is 0 Å². The van der Waals surface area contributed by atoms with Crippen LogP contribution in [0.4, 0.5) is 0 Å². The van der Waals surface area contributed by atoms with Crippen LogP contribution >= 0.6 is 0 Å². The largest absolute Gasteiger partial charge is 0.481 e. The monoisotopic (exact) mass is 229 g/mol. The van der Waals surface area contributed by atoms with Gasteiger partial charge in [-0.15, -0.1) is 0 Å². The van der Waals surface area contributed by atoms with Crippen LogP contribution in [0.25, 0.3) is 0 Å². The van der Waals surface area contributed by atoms with Crippen molar-refractivity contribution in [1.29, 1.82) is 0 Å². The summed E-state index contributed by atoms with van der Waals surface area (Å²) in [5.41, 5.74) is 4.25. The van der Waals surface area contributed by atoms with Gasteiger partial charge in [-0.25, -0.2) is 0 Å². The van der Waals surface area contributed by atoms with Crippen molar-refractivity contribution < 1.29 is 19.5 Å². The van der Waals surface area contributed by atoms with Gasteiger partial charge in [0.05, 0.1) is 18.5 Å². The molecule has 1 aliphatic carbocycles. The number of hydrogen-bond donors (Lipinski definition) is 4. The summed E-state index contributed by atoms with van der Waals surface area (Å²) in [7, 11) is 0. The van der Waals surface area contributed by atoms with Crippen molar-refractivity contribution in [2.45, 2.75) is 12.8 Å². The first-order valence-electron chi connectivity index (χ1n) is 4.97. The zero-order chi connectivity index (χ0) is 12.2. The van der Waals surface area contributed by atoms with Crippen LogP contribution < -0.4 is 16.4 Å². The molecule has 0 aromatic rings. The molecule has 2 amide bonds. The Kier molecular flexibility index (Phi) is 3.83. The molecule has 0 bridgehead atoms. The molecule has 7 nitrogen and oxygen atoms in total. The number of carbonyl (C=O) groups is 3. The lowest BCUT2D eigenvalue weighted by atomic mass is 10.1. The highest BCUT2D eigenvalue weighted by atomic mass is 16.4. The lowest BCUT2D eigenvalue weighted by Gasteiger charge is -2.11. The molecule has 0 saturated heterocycles. The molecule has 1 aliphatic rings. The molecule has 0 aliphatic heterocycles. The smallest absolute Gasteiger partial charge is 0.311 e. The summed E-state index contributed by atoms with van der Waals surface area (Å²) in [5, 5.41) is 13.6. The summed E-state index contributed by atoms with van der Waals surface area (Å²) >= 11 is 0. The Morgan fingerprint density at radius 2 is 1.81 bits per heavy atom. The van der Waals surface area contributed by atoms with Crippen LogP contribution in [-0.2, 0) is 14.4 Å². The molecule has 0 unspecified atom stereocenters. The second kappa shape index (κ2) is 4.93. The summed E-state index contributed by atoms with van der Waals surface area (Å²) in [4.78, 5) is 32.7. The van der Waals surface area contributed by atoms with E-state index in [1.807, 2.05) is 0 Å². The molecule has 1 fully saturated rings. The maximum absolute atomic E-state index is 11.2. The number of nitrogens with one attached hydrogen (secondary N) is 2. The van der Waals surface area contributed by atoms with Crippen molar-refractivity contribution >= 4 is 17.8 Å². The summed E-state index contributed by atoms with van der Waals surface area (Å²) < 4.78 is 0. The Morgan fingerprint density at radius 3 is 2.25 bits per heavy atom. The van der Waals surface area contributed by atoms with Crippen LogP contribution in [0.1, 0.15) is 12.8 Å². The summed E-state index contributed by atoms with van der Waals surface area (Å²) in [6.07, 6.45) is 1.16. The van der Waals surface area contributed by atoms with Crippen molar-refractivity contribution in [2.75, 3.05) is 19.6 Å². The Balaban J connectivity index is 2.21. The van der Waals surface area contributed by atoms with Gasteiger partial charge in [0.2, 0.25) is 11.8 Å². The van der Waals surface area contributed by atoms with Crippen molar-refractivity contribution in [2.24, 2.45) is 11.1 Å². The van der Waals surface area contributed by atoms with E-state index in [4.69, 9.17) is 10.8 Å². The highest BCUT2D eigenvalue weighted by Crippen LogP contribution is 2.45. The van der Waals surface area contributed by atoms with Crippen LogP contribution in [0.3, 0.4) is 0 Å². The van der Waals surface area contributed by atoms with Gasteiger partial charge in [-0.05, 0) is 12.8 Å². The molecular weight excluding hydrogens is 214 g/mol. The molecule has 1 saturated carbocycles. The number of amides is 2. The molecule has 0 heterocycles. The number of nitrogens with two attached hydrogens (primary N) is 1. The predicted molar refractivity (Wildman–Crippen MR) is 54.4 cm³/mol. The van der Waals surface area contributed by atoms with Crippen molar-refractivity contribution in [3.8, 4) is 0 Å². The van der Waals surface area contributed by atoms with Gasteiger partial charge in [-0.3, -0.25) is 14.4 Å². The van der Waals surface area contributed by atoms with Gasteiger partial charge in [0.25, 0.3) is 0 Å². The quantitative estimate of drug-likeness (QED) is 0.421. The lowest BCUT2D eigenvalue weighted by molar-refractivity contribution is -0.143. The van der Waals surface area contributed by atoms with E-state index < -0.39 is 23.2 Å². The third-order valence-corrected chi connectivity index (χ3v) is 2.56. The third kappa shape index (κ3) is 3.20. The Morgan fingerprint density at radius 1 is 1.19 bits per heavy atom. The van der Waals surface area contributed by atoms with Gasteiger partial charge < -0.3 is 21.5 Å². The van der Waals surface area contributed by atoms with Gasteiger partial charge >= 0.3 is 5.97 Å². The number of carboxylic acid groups (broad SMARTS) is 1. The van der Waals surface area contributed by atoms with Gasteiger partial charge in [-0.1, -0.05) is 0 Å². The zero-order valence-corrected chi connectivity index (χ0v) is 8.78. The number of carbonyl (C=O) groups excluding carboxylic acids is 2. The van der Waals surface area contributed by atoms with Gasteiger partial charge in [0.1, 0.15) is 0 Å². The Hall–Kier alpha value is -1.63. The average molecular weight is 229 g/mol. The normalized spacial score (nSPS) is 16.3. The minimum atomic E-state index is -0.890. The summed E-state index contributed by atoms with van der Waals surface area (Å²) in [6, 6.07) is 0. The number of carboxylic acids is 1. The molecule has 7 heteroatoms. The van der Waals surface area contributed by atoms with Crippen LogP contribution in [0, 0.1) is 5.41 Å². The fraction of sp³-hybridized carbons (Fsp3) is 0.667. The minimum absolute atomic E-state index is 0.111. The molecule has 0 aromatic carbocycles. The molecule has 16 heavy (non-hydrogen) atoms. The van der Waals surface area contributed by atoms with E-state index in [1.165, 1.54) is 0 Å². The van der Waals surface area contributed by atoms with E-state index in [9.17, 15) is 14.4 Å². The minimum Gasteiger partial charge on any atom is -0.481 e. The maximum Gasteiger partial charge on any atom is 0.311 e. The van der Waals surface area contributed by atoms with E-state index in [0.29, 0.717) is 12.8 Å². The average Bonchev–Trinajstić information content (AvgIpc) is 3.04. The SMILES string of the molecule is NCC(=O)NCC(=O)NCC1(C(=O)O)CC1. The molecule has 0 atom stereocenters. The Labute approximate surface area is 92.4 Å². The number of hydrogen-bond acceptors (Lipinski definition) is 4. The first-order chi connectivity index (χ1) is 7.50. The topological polar surface area (TPSA) is 122 Å². The molecule has 0 aromatic heterocycles. The molecule has 90 valence electrons. The van der Waals surface area contributed by atoms with E-state index in [1.54, 1.807) is 0 Å².